The van der Waals surface area contributed by atoms with E-state index < -0.39 is 0 Å². The Morgan fingerprint density at radius 1 is 0.870 bits per heavy atom. The van der Waals surface area contributed by atoms with Crippen LogP contribution in [0.4, 0.5) is 10.5 Å². The molecule has 2 saturated heterocycles. The van der Waals surface area contributed by atoms with Crippen molar-refractivity contribution in [3.05, 3.63) is 30.3 Å². The van der Waals surface area contributed by atoms with Crippen molar-refractivity contribution in [3.63, 3.8) is 0 Å². The van der Waals surface area contributed by atoms with Gasteiger partial charge < -0.3 is 20.0 Å². The van der Waals surface area contributed by atoms with E-state index in [9.17, 15) is 9.59 Å². The lowest BCUT2D eigenvalue weighted by atomic mass is 10.2. The van der Waals surface area contributed by atoms with Gasteiger partial charge in [0.1, 0.15) is 0 Å². The van der Waals surface area contributed by atoms with E-state index in [-0.39, 0.29) is 18.5 Å². The van der Waals surface area contributed by atoms with Crippen LogP contribution in [-0.4, -0.2) is 67.6 Å². The smallest absolute Gasteiger partial charge is 0.317 e. The van der Waals surface area contributed by atoms with Crippen molar-refractivity contribution in [1.82, 2.24) is 15.1 Å². The molecule has 6 heteroatoms. The molecule has 0 spiro atoms. The van der Waals surface area contributed by atoms with Crippen LogP contribution >= 0.6 is 0 Å². The number of hydrogen-bond acceptors (Lipinski definition) is 3. The monoisotopic (exact) mass is 316 g/mol. The van der Waals surface area contributed by atoms with Crippen LogP contribution in [0, 0.1) is 0 Å². The molecule has 0 atom stereocenters. The van der Waals surface area contributed by atoms with Crippen molar-refractivity contribution in [3.8, 4) is 0 Å². The molecule has 3 amide bonds. The lowest BCUT2D eigenvalue weighted by Gasteiger charge is -2.36. The van der Waals surface area contributed by atoms with E-state index in [1.54, 1.807) is 4.90 Å². The van der Waals surface area contributed by atoms with E-state index >= 15 is 0 Å². The molecule has 2 aliphatic heterocycles. The summed E-state index contributed by atoms with van der Waals surface area (Å²) in [5, 5.41) is 2.76. The number of rotatable bonds is 3. The number of urea groups is 1. The summed E-state index contributed by atoms with van der Waals surface area (Å²) in [6, 6.07) is 10.1. The highest BCUT2D eigenvalue weighted by Crippen LogP contribution is 2.15. The molecule has 1 aromatic carbocycles. The van der Waals surface area contributed by atoms with Crippen molar-refractivity contribution < 1.29 is 9.59 Å². The highest BCUT2D eigenvalue weighted by atomic mass is 16.2. The molecular weight excluding hydrogens is 292 g/mol. The quantitative estimate of drug-likeness (QED) is 0.910. The molecule has 0 unspecified atom stereocenters. The first-order valence-electron chi connectivity index (χ1n) is 8.34. The Bertz CT molecular complexity index is 535. The standard InChI is InChI=1S/C17H24N4O2/c22-16(20-8-4-5-9-20)14-18-17(23)21-12-10-19(11-13-21)15-6-2-1-3-7-15/h1-3,6-7H,4-5,8-14H2,(H,18,23). The van der Waals surface area contributed by atoms with E-state index in [2.05, 4.69) is 22.3 Å². The molecule has 1 N–H and O–H groups in total. The minimum Gasteiger partial charge on any atom is -0.368 e. The Morgan fingerprint density at radius 2 is 1.52 bits per heavy atom. The van der Waals surface area contributed by atoms with Gasteiger partial charge in [-0.05, 0) is 25.0 Å². The van der Waals surface area contributed by atoms with E-state index in [0.29, 0.717) is 13.1 Å². The SMILES string of the molecule is O=C(CNC(=O)N1CCN(c2ccccc2)CC1)N1CCCC1. The molecule has 23 heavy (non-hydrogen) atoms. The Hall–Kier alpha value is -2.24. The summed E-state index contributed by atoms with van der Waals surface area (Å²) in [7, 11) is 0. The molecule has 6 nitrogen and oxygen atoms in total. The number of hydrogen-bond donors (Lipinski definition) is 1. The maximum Gasteiger partial charge on any atom is 0.317 e. The first-order chi connectivity index (χ1) is 11.2. The van der Waals surface area contributed by atoms with Gasteiger partial charge in [-0.2, -0.15) is 0 Å². The van der Waals surface area contributed by atoms with Gasteiger partial charge in [-0.15, -0.1) is 0 Å². The molecular formula is C17H24N4O2. The van der Waals surface area contributed by atoms with Gasteiger partial charge in [-0.25, -0.2) is 4.79 Å². The molecule has 2 fully saturated rings. The van der Waals surface area contributed by atoms with Crippen LogP contribution in [0.3, 0.4) is 0 Å². The van der Waals surface area contributed by atoms with Crippen molar-refractivity contribution >= 4 is 17.6 Å². The van der Waals surface area contributed by atoms with Crippen LogP contribution in [0.5, 0.6) is 0 Å². The van der Waals surface area contributed by atoms with E-state index in [4.69, 9.17) is 0 Å². The number of anilines is 1. The van der Waals surface area contributed by atoms with E-state index in [1.807, 2.05) is 23.1 Å². The number of carbonyl (C=O) groups is 2. The van der Waals surface area contributed by atoms with Gasteiger partial charge in [0, 0.05) is 45.0 Å². The number of piperazine rings is 1. The molecule has 2 aliphatic rings. The summed E-state index contributed by atoms with van der Waals surface area (Å²) in [5.74, 6) is 0.0266. The molecule has 1 aromatic rings. The van der Waals surface area contributed by atoms with Gasteiger partial charge in [0.15, 0.2) is 0 Å². The van der Waals surface area contributed by atoms with E-state index in [1.165, 1.54) is 5.69 Å². The van der Waals surface area contributed by atoms with Crippen molar-refractivity contribution in [2.24, 2.45) is 0 Å². The lowest BCUT2D eigenvalue weighted by molar-refractivity contribution is -0.129. The first kappa shape index (κ1) is 15.6. The first-order valence-corrected chi connectivity index (χ1v) is 8.34. The van der Waals surface area contributed by atoms with E-state index in [0.717, 1.165) is 39.0 Å². The topological polar surface area (TPSA) is 55.9 Å². The summed E-state index contributed by atoms with van der Waals surface area (Å²) in [4.78, 5) is 30.0. The summed E-state index contributed by atoms with van der Waals surface area (Å²) in [6.45, 7) is 4.75. The zero-order chi connectivity index (χ0) is 16.1. The van der Waals surface area contributed by atoms with Crippen LogP contribution < -0.4 is 10.2 Å². The molecule has 2 heterocycles. The third kappa shape index (κ3) is 3.94. The van der Waals surface area contributed by atoms with Crippen LogP contribution in [0.1, 0.15) is 12.8 Å². The van der Waals surface area contributed by atoms with Crippen molar-refractivity contribution in [2.45, 2.75) is 12.8 Å². The normalized spacial score (nSPS) is 18.2. The lowest BCUT2D eigenvalue weighted by Crippen LogP contribution is -2.53. The highest BCUT2D eigenvalue weighted by Gasteiger charge is 2.23. The number of nitrogens with one attached hydrogen (secondary N) is 1. The average Bonchev–Trinajstić information content (AvgIpc) is 3.15. The fourth-order valence-corrected chi connectivity index (χ4v) is 3.15. The summed E-state index contributed by atoms with van der Waals surface area (Å²) < 4.78 is 0. The highest BCUT2D eigenvalue weighted by molar-refractivity contribution is 5.84. The Kier molecular flexibility index (Phi) is 5.00. The zero-order valence-corrected chi connectivity index (χ0v) is 13.4. The predicted molar refractivity (Wildman–Crippen MR) is 89.4 cm³/mol. The fourth-order valence-electron chi connectivity index (χ4n) is 3.15. The van der Waals surface area contributed by atoms with Crippen molar-refractivity contribution in [2.75, 3.05) is 50.7 Å². The van der Waals surface area contributed by atoms with Gasteiger partial charge in [0.2, 0.25) is 5.91 Å². The maximum absolute atomic E-state index is 12.2. The number of likely N-dealkylation sites (tertiary alicyclic amines) is 1. The second kappa shape index (κ2) is 7.35. The molecule has 0 saturated carbocycles. The summed E-state index contributed by atoms with van der Waals surface area (Å²) >= 11 is 0. The summed E-state index contributed by atoms with van der Waals surface area (Å²) in [5.41, 5.74) is 1.19. The number of nitrogens with zero attached hydrogens (tertiary/aromatic N) is 3. The van der Waals surface area contributed by atoms with Gasteiger partial charge >= 0.3 is 6.03 Å². The Labute approximate surface area is 137 Å². The van der Waals surface area contributed by atoms with Gasteiger partial charge in [0.25, 0.3) is 0 Å². The third-order valence-electron chi connectivity index (χ3n) is 4.54. The fraction of sp³-hybridized carbons (Fsp3) is 0.529. The molecule has 0 radical (unpaired) electrons. The predicted octanol–water partition coefficient (Wildman–Crippen LogP) is 1.14. The van der Waals surface area contributed by atoms with Gasteiger partial charge in [-0.1, -0.05) is 18.2 Å². The zero-order valence-electron chi connectivity index (χ0n) is 13.4. The summed E-state index contributed by atoms with van der Waals surface area (Å²) in [6.07, 6.45) is 2.14. The number of carbonyl (C=O) groups excluding carboxylic acids is 2. The van der Waals surface area contributed by atoms with Crippen LogP contribution in [-0.2, 0) is 4.79 Å². The molecule has 124 valence electrons. The Morgan fingerprint density at radius 3 is 2.17 bits per heavy atom. The molecule has 0 aliphatic carbocycles. The molecule has 0 bridgehead atoms. The molecule has 3 rings (SSSR count). The van der Waals surface area contributed by atoms with Crippen molar-refractivity contribution in [1.29, 1.82) is 0 Å². The van der Waals surface area contributed by atoms with Gasteiger partial charge in [-0.3, -0.25) is 4.79 Å². The third-order valence-corrected chi connectivity index (χ3v) is 4.54. The largest absolute Gasteiger partial charge is 0.368 e. The number of amides is 3. The van der Waals surface area contributed by atoms with Crippen LogP contribution in [0.25, 0.3) is 0 Å². The van der Waals surface area contributed by atoms with Crippen LogP contribution in [0.15, 0.2) is 30.3 Å². The number of benzene rings is 1. The second-order valence-electron chi connectivity index (χ2n) is 6.06. The maximum atomic E-state index is 12.2. The van der Waals surface area contributed by atoms with Gasteiger partial charge in [0.05, 0.1) is 6.54 Å². The molecule has 0 aromatic heterocycles. The number of para-hydroxylation sites is 1. The second-order valence-corrected chi connectivity index (χ2v) is 6.06. The average molecular weight is 316 g/mol. The Balaban J connectivity index is 1.42. The van der Waals surface area contributed by atoms with Crippen LogP contribution in [0.2, 0.25) is 0 Å². The minimum absolute atomic E-state index is 0.0266. The minimum atomic E-state index is -0.134.